The Morgan fingerprint density at radius 3 is 2.90 bits per heavy atom. The zero-order valence-corrected chi connectivity index (χ0v) is 5.65. The fraction of sp³-hybridized carbons (Fsp3) is 0.167. The Morgan fingerprint density at radius 2 is 2.40 bits per heavy atom. The maximum absolute atomic E-state index is 8.87. The minimum atomic E-state index is 0.685. The van der Waals surface area contributed by atoms with Crippen molar-refractivity contribution in [3.05, 3.63) is 29.4 Å². The van der Waals surface area contributed by atoms with Crippen molar-refractivity contribution in [2.24, 2.45) is 10.9 Å². The van der Waals surface area contributed by atoms with E-state index >= 15 is 0 Å². The zero-order valence-electron chi connectivity index (χ0n) is 5.65. The van der Waals surface area contributed by atoms with Gasteiger partial charge in [-0.05, 0) is 18.6 Å². The largest absolute Gasteiger partial charge is 0.429 e. The van der Waals surface area contributed by atoms with Crippen molar-refractivity contribution in [2.75, 3.05) is 0 Å². The van der Waals surface area contributed by atoms with E-state index in [0.717, 1.165) is 10.3 Å². The molecule has 0 unspecified atom stereocenters. The molecule has 0 aliphatic carbocycles. The topological polar surface area (TPSA) is 63.5 Å². The summed E-state index contributed by atoms with van der Waals surface area (Å²) in [5, 5.41) is 13.0. The van der Waals surface area contributed by atoms with Gasteiger partial charge < -0.3 is 11.0 Å². The minimum absolute atomic E-state index is 0.685. The highest BCUT2D eigenvalue weighted by Gasteiger charge is 1.88. The van der Waals surface area contributed by atoms with E-state index in [1.54, 1.807) is 6.07 Å². The molecule has 1 heterocycles. The van der Waals surface area contributed by atoms with Gasteiger partial charge in [-0.3, -0.25) is 0 Å². The first-order valence-electron chi connectivity index (χ1n) is 2.86. The number of pyridine rings is 1. The van der Waals surface area contributed by atoms with E-state index in [-0.39, 0.29) is 0 Å². The lowest BCUT2D eigenvalue weighted by Crippen LogP contribution is -2.11. The van der Waals surface area contributed by atoms with E-state index in [0.29, 0.717) is 5.36 Å². The number of hydrogen-bond acceptors (Lipinski definition) is 3. The average Bonchev–Trinajstić information content (AvgIpc) is 1.88. The second kappa shape index (κ2) is 2.43. The summed E-state index contributed by atoms with van der Waals surface area (Å²) in [5.41, 5.74) is 0.840. The molecule has 1 rings (SSSR count). The van der Waals surface area contributed by atoms with Crippen LogP contribution in [0.15, 0.2) is 23.6 Å². The first-order chi connectivity index (χ1) is 4.74. The second-order valence-electron chi connectivity index (χ2n) is 2.02. The van der Waals surface area contributed by atoms with Crippen molar-refractivity contribution in [2.45, 2.75) is 6.92 Å². The van der Waals surface area contributed by atoms with Gasteiger partial charge in [0.25, 0.3) is 0 Å². The Kier molecular flexibility index (Phi) is 1.62. The van der Waals surface area contributed by atoms with Gasteiger partial charge in [0.05, 0.1) is 5.36 Å². The molecule has 0 fully saturated rings. The van der Waals surface area contributed by atoms with E-state index in [9.17, 15) is 0 Å². The molecular formula is C6H9N3O. The molecule has 3 N–H and O–H groups in total. The van der Waals surface area contributed by atoms with E-state index in [1.165, 1.54) is 12.4 Å². The molecule has 0 aliphatic rings. The lowest BCUT2D eigenvalue weighted by Gasteiger charge is -1.96. The Hall–Kier alpha value is -1.45. The van der Waals surface area contributed by atoms with E-state index < -0.39 is 0 Å². The van der Waals surface area contributed by atoms with Crippen molar-refractivity contribution in [1.29, 1.82) is 0 Å². The van der Waals surface area contributed by atoms with Gasteiger partial charge >= 0.3 is 0 Å². The third-order valence-corrected chi connectivity index (χ3v) is 1.25. The zero-order chi connectivity index (χ0) is 7.56. The van der Waals surface area contributed by atoms with Gasteiger partial charge in [-0.15, -0.1) is 0 Å². The predicted molar refractivity (Wildman–Crippen MR) is 36.1 cm³/mol. The highest BCUT2D eigenvalue weighted by molar-refractivity contribution is 5.05. The number of nitrogens with zero attached hydrogens (tertiary/aromatic N) is 2. The molecule has 1 aromatic rings. The molecule has 0 saturated carbocycles. The van der Waals surface area contributed by atoms with Gasteiger partial charge in [0.1, 0.15) is 0 Å². The van der Waals surface area contributed by atoms with Crippen LogP contribution in [-0.2, 0) is 0 Å². The number of aryl methyl sites for hydroxylation is 1. The molecule has 4 heteroatoms. The highest BCUT2D eigenvalue weighted by Crippen LogP contribution is 1.84. The number of hydrogen-bond donors (Lipinski definition) is 2. The van der Waals surface area contributed by atoms with Crippen LogP contribution < -0.4 is 11.2 Å². The maximum atomic E-state index is 8.87. The minimum Gasteiger partial charge on any atom is -0.429 e. The monoisotopic (exact) mass is 139 g/mol. The highest BCUT2D eigenvalue weighted by atomic mass is 16.5. The van der Waals surface area contributed by atoms with Crippen LogP contribution in [-0.4, -0.2) is 9.94 Å². The Bertz CT molecular complexity index is 289. The third kappa shape index (κ3) is 1.10. The Balaban J connectivity index is 3.34. The van der Waals surface area contributed by atoms with Gasteiger partial charge in [0.15, 0.2) is 0 Å². The molecule has 54 valence electrons. The standard InChI is InChI=1S/C6H9N3O/c1-5-4-9(10)3-2-6(5)8-7/h2-4,10H,7H2,1H3/b8-6-. The van der Waals surface area contributed by atoms with E-state index in [2.05, 4.69) is 5.10 Å². The fourth-order valence-electron chi connectivity index (χ4n) is 0.731. The van der Waals surface area contributed by atoms with Crippen LogP contribution in [0.5, 0.6) is 0 Å². The van der Waals surface area contributed by atoms with Crippen molar-refractivity contribution >= 4 is 0 Å². The van der Waals surface area contributed by atoms with Crippen LogP contribution >= 0.6 is 0 Å². The molecule has 0 spiro atoms. The third-order valence-electron chi connectivity index (χ3n) is 1.25. The van der Waals surface area contributed by atoms with Crippen LogP contribution in [0.4, 0.5) is 0 Å². The summed E-state index contributed by atoms with van der Waals surface area (Å²) in [6.07, 6.45) is 3.00. The second-order valence-corrected chi connectivity index (χ2v) is 2.02. The van der Waals surface area contributed by atoms with Crippen molar-refractivity contribution in [1.82, 2.24) is 4.73 Å². The summed E-state index contributed by atoms with van der Waals surface area (Å²) < 4.78 is 0.962. The van der Waals surface area contributed by atoms with E-state index in [4.69, 9.17) is 11.0 Å². The molecule has 0 bridgehead atoms. The molecule has 0 amide bonds. The number of rotatable bonds is 0. The molecule has 1 aromatic heterocycles. The summed E-state index contributed by atoms with van der Waals surface area (Å²) in [5.74, 6) is 5.03. The SMILES string of the molecule is Cc1cn(O)cc/c1=N/N. The normalized spacial score (nSPS) is 11.9. The Morgan fingerprint density at radius 1 is 1.70 bits per heavy atom. The molecule has 0 saturated heterocycles. The lowest BCUT2D eigenvalue weighted by molar-refractivity contribution is 0.183. The average molecular weight is 139 g/mol. The van der Waals surface area contributed by atoms with Crippen molar-refractivity contribution in [3.63, 3.8) is 0 Å². The lowest BCUT2D eigenvalue weighted by atomic mass is 10.3. The van der Waals surface area contributed by atoms with Crippen LogP contribution in [0.3, 0.4) is 0 Å². The van der Waals surface area contributed by atoms with Gasteiger partial charge in [-0.1, -0.05) is 0 Å². The summed E-state index contributed by atoms with van der Waals surface area (Å²) in [4.78, 5) is 0. The van der Waals surface area contributed by atoms with Crippen LogP contribution in [0.2, 0.25) is 0 Å². The molecule has 0 aromatic carbocycles. The van der Waals surface area contributed by atoms with Gasteiger partial charge in [0.2, 0.25) is 0 Å². The predicted octanol–water partition coefficient (Wildman–Crippen LogP) is -0.192. The van der Waals surface area contributed by atoms with Crippen LogP contribution in [0, 0.1) is 6.92 Å². The fourth-order valence-corrected chi connectivity index (χ4v) is 0.731. The first kappa shape index (κ1) is 6.67. The van der Waals surface area contributed by atoms with Crippen molar-refractivity contribution < 1.29 is 5.21 Å². The van der Waals surface area contributed by atoms with Crippen LogP contribution in [0.25, 0.3) is 0 Å². The number of aromatic nitrogens is 1. The summed E-state index contributed by atoms with van der Waals surface area (Å²) in [6, 6.07) is 1.63. The summed E-state index contributed by atoms with van der Waals surface area (Å²) in [6.45, 7) is 1.82. The van der Waals surface area contributed by atoms with E-state index in [1.807, 2.05) is 6.92 Å². The van der Waals surface area contributed by atoms with Gasteiger partial charge in [0, 0.05) is 12.4 Å². The molecule has 0 radical (unpaired) electrons. The van der Waals surface area contributed by atoms with Crippen LogP contribution in [0.1, 0.15) is 5.56 Å². The molecule has 10 heavy (non-hydrogen) atoms. The summed E-state index contributed by atoms with van der Waals surface area (Å²) in [7, 11) is 0. The molecule has 0 aliphatic heterocycles. The number of nitrogens with two attached hydrogens (primary N) is 1. The quantitative estimate of drug-likeness (QED) is 0.297. The smallest absolute Gasteiger partial charge is 0.0887 e. The molecule has 4 nitrogen and oxygen atoms in total. The van der Waals surface area contributed by atoms with Crippen molar-refractivity contribution in [3.8, 4) is 0 Å². The van der Waals surface area contributed by atoms with Gasteiger partial charge in [-0.25, -0.2) is 4.73 Å². The molecular weight excluding hydrogens is 130 g/mol. The Labute approximate surface area is 58.2 Å². The summed E-state index contributed by atoms with van der Waals surface area (Å²) >= 11 is 0. The molecule has 0 atom stereocenters. The maximum Gasteiger partial charge on any atom is 0.0887 e. The van der Waals surface area contributed by atoms with Gasteiger partial charge in [-0.2, -0.15) is 5.10 Å². The first-order valence-corrected chi connectivity index (χ1v) is 2.86.